The van der Waals surface area contributed by atoms with Crippen LogP contribution >= 0.6 is 0 Å². The molecule has 0 aromatic carbocycles. The van der Waals surface area contributed by atoms with Gasteiger partial charge in [0.15, 0.2) is 0 Å². The van der Waals surface area contributed by atoms with Crippen LogP contribution in [0.2, 0.25) is 0 Å². The van der Waals surface area contributed by atoms with E-state index in [4.69, 9.17) is 5.73 Å². The Bertz CT molecular complexity index is 409. The van der Waals surface area contributed by atoms with Crippen molar-refractivity contribution in [2.24, 2.45) is 29.6 Å². The van der Waals surface area contributed by atoms with Crippen LogP contribution in [0.4, 0.5) is 5.82 Å². The van der Waals surface area contributed by atoms with Crippen molar-refractivity contribution in [1.29, 1.82) is 0 Å². The van der Waals surface area contributed by atoms with E-state index in [0.717, 1.165) is 36.0 Å². The van der Waals surface area contributed by atoms with E-state index >= 15 is 0 Å². The van der Waals surface area contributed by atoms with Crippen molar-refractivity contribution in [3.63, 3.8) is 0 Å². The maximum absolute atomic E-state index is 5.66. The molecular weight excluding hydrogens is 222 g/mol. The lowest BCUT2D eigenvalue weighted by Crippen LogP contribution is -2.45. The molecule has 4 saturated carbocycles. The molecule has 3 nitrogen and oxygen atoms in total. The third-order valence-electron chi connectivity index (χ3n) is 5.82. The van der Waals surface area contributed by atoms with E-state index in [1.54, 1.807) is 6.42 Å². The Morgan fingerprint density at radius 3 is 2.33 bits per heavy atom. The predicted molar refractivity (Wildman–Crippen MR) is 71.9 cm³/mol. The minimum absolute atomic E-state index is 0.634. The van der Waals surface area contributed by atoms with Gasteiger partial charge in [0.25, 0.3) is 0 Å². The summed E-state index contributed by atoms with van der Waals surface area (Å²) in [6.07, 6.45) is 10.2. The van der Waals surface area contributed by atoms with Gasteiger partial charge in [-0.2, -0.15) is 5.10 Å². The van der Waals surface area contributed by atoms with Gasteiger partial charge in [0, 0.05) is 11.8 Å². The second-order valence-corrected chi connectivity index (χ2v) is 6.95. The highest BCUT2D eigenvalue weighted by molar-refractivity contribution is 5.28. The normalized spacial score (nSPS) is 41.4. The fourth-order valence-corrected chi connectivity index (χ4v) is 5.34. The largest absolute Gasteiger partial charge is 0.382 e. The van der Waals surface area contributed by atoms with E-state index in [0.29, 0.717) is 5.82 Å². The molecular formula is C15H23N3. The molecule has 4 aliphatic rings. The zero-order chi connectivity index (χ0) is 12.1. The Labute approximate surface area is 109 Å². The summed E-state index contributed by atoms with van der Waals surface area (Å²) in [6.45, 7) is 0. The molecule has 0 aliphatic heterocycles. The van der Waals surface area contributed by atoms with Gasteiger partial charge in [-0.25, -0.2) is 0 Å². The van der Waals surface area contributed by atoms with Crippen LogP contribution in [-0.4, -0.2) is 10.2 Å². The monoisotopic (exact) mass is 245 g/mol. The van der Waals surface area contributed by atoms with Crippen LogP contribution in [0.5, 0.6) is 0 Å². The first-order valence-electron chi connectivity index (χ1n) is 7.57. The Balaban J connectivity index is 1.43. The van der Waals surface area contributed by atoms with Crippen molar-refractivity contribution in [1.82, 2.24) is 10.2 Å². The molecule has 0 atom stereocenters. The number of nitrogens with one attached hydrogen (secondary N) is 1. The van der Waals surface area contributed by atoms with Gasteiger partial charge in [-0.05, 0) is 74.5 Å². The summed E-state index contributed by atoms with van der Waals surface area (Å²) in [5.41, 5.74) is 6.88. The third kappa shape index (κ3) is 1.75. The number of nitrogens with two attached hydrogens (primary N) is 1. The fraction of sp³-hybridized carbons (Fsp3) is 0.800. The molecule has 1 heterocycles. The first kappa shape index (κ1) is 10.9. The predicted octanol–water partition coefficient (Wildman–Crippen LogP) is 3.00. The molecule has 0 radical (unpaired) electrons. The van der Waals surface area contributed by atoms with Gasteiger partial charge in [-0.1, -0.05) is 0 Å². The van der Waals surface area contributed by atoms with E-state index in [1.165, 1.54) is 37.8 Å². The van der Waals surface area contributed by atoms with E-state index in [1.807, 2.05) is 6.07 Å². The van der Waals surface area contributed by atoms with Crippen molar-refractivity contribution in [3.05, 3.63) is 11.8 Å². The summed E-state index contributed by atoms with van der Waals surface area (Å²) in [5, 5.41) is 7.08. The SMILES string of the molecule is Nc1cc(CCC2C3CC4CC(C3)CC2C4)[nH]n1. The van der Waals surface area contributed by atoms with Crippen LogP contribution in [0.3, 0.4) is 0 Å². The van der Waals surface area contributed by atoms with E-state index in [2.05, 4.69) is 10.2 Å². The first-order chi connectivity index (χ1) is 8.78. The molecule has 0 amide bonds. The van der Waals surface area contributed by atoms with Crippen LogP contribution in [0.1, 0.15) is 44.2 Å². The van der Waals surface area contributed by atoms with Crippen molar-refractivity contribution in [3.8, 4) is 0 Å². The molecule has 1 aromatic heterocycles. The van der Waals surface area contributed by atoms with Gasteiger partial charge in [-0.15, -0.1) is 0 Å². The molecule has 3 heteroatoms. The van der Waals surface area contributed by atoms with E-state index in [-0.39, 0.29) is 0 Å². The summed E-state index contributed by atoms with van der Waals surface area (Å²) in [7, 11) is 0. The Morgan fingerprint density at radius 1 is 1.11 bits per heavy atom. The number of aromatic amines is 1. The molecule has 1 aromatic rings. The molecule has 0 spiro atoms. The van der Waals surface area contributed by atoms with Crippen LogP contribution in [0.15, 0.2) is 6.07 Å². The third-order valence-corrected chi connectivity index (χ3v) is 5.82. The van der Waals surface area contributed by atoms with Gasteiger partial charge in [-0.3, -0.25) is 5.10 Å². The molecule has 0 unspecified atom stereocenters. The molecule has 3 N–H and O–H groups in total. The number of aromatic nitrogens is 2. The smallest absolute Gasteiger partial charge is 0.145 e. The number of aryl methyl sites for hydroxylation is 1. The second-order valence-electron chi connectivity index (χ2n) is 6.95. The summed E-state index contributed by atoms with van der Waals surface area (Å²) in [4.78, 5) is 0. The lowest BCUT2D eigenvalue weighted by atomic mass is 9.51. The van der Waals surface area contributed by atoms with E-state index < -0.39 is 0 Å². The molecule has 0 saturated heterocycles. The Kier molecular flexibility index (Phi) is 2.42. The van der Waals surface area contributed by atoms with Crippen LogP contribution in [-0.2, 0) is 6.42 Å². The summed E-state index contributed by atoms with van der Waals surface area (Å²) in [6, 6.07) is 2.00. The second kappa shape index (κ2) is 4.01. The van der Waals surface area contributed by atoms with Gasteiger partial charge < -0.3 is 5.73 Å². The maximum Gasteiger partial charge on any atom is 0.145 e. The zero-order valence-corrected chi connectivity index (χ0v) is 10.9. The minimum Gasteiger partial charge on any atom is -0.382 e. The molecule has 5 rings (SSSR count). The lowest BCUT2D eigenvalue weighted by molar-refractivity contribution is -0.0395. The number of anilines is 1. The Hall–Kier alpha value is -0.990. The van der Waals surface area contributed by atoms with Gasteiger partial charge in [0.1, 0.15) is 5.82 Å². The van der Waals surface area contributed by atoms with Crippen molar-refractivity contribution >= 4 is 5.82 Å². The topological polar surface area (TPSA) is 54.7 Å². The number of nitrogens with zero attached hydrogens (tertiary/aromatic N) is 1. The van der Waals surface area contributed by atoms with Crippen molar-refractivity contribution < 1.29 is 0 Å². The Morgan fingerprint density at radius 2 is 1.78 bits per heavy atom. The van der Waals surface area contributed by atoms with Crippen molar-refractivity contribution in [2.45, 2.75) is 44.9 Å². The first-order valence-corrected chi connectivity index (χ1v) is 7.57. The molecule has 4 fully saturated rings. The number of H-pyrrole nitrogens is 1. The van der Waals surface area contributed by atoms with Gasteiger partial charge in [0.05, 0.1) is 0 Å². The maximum atomic E-state index is 5.66. The number of hydrogen-bond donors (Lipinski definition) is 2. The standard InChI is InChI=1S/C15H23N3/c16-15-8-13(17-18-15)1-2-14-11-4-9-3-10(6-11)7-12(14)5-9/h8-12,14H,1-7H2,(H3,16,17,18). The quantitative estimate of drug-likeness (QED) is 0.860. The fourth-order valence-electron chi connectivity index (χ4n) is 5.34. The van der Waals surface area contributed by atoms with Crippen molar-refractivity contribution in [2.75, 3.05) is 5.73 Å². The highest BCUT2D eigenvalue weighted by atomic mass is 15.1. The number of nitrogen functional groups attached to an aromatic ring is 1. The lowest BCUT2D eigenvalue weighted by Gasteiger charge is -2.54. The van der Waals surface area contributed by atoms with Crippen LogP contribution < -0.4 is 5.73 Å². The summed E-state index contributed by atoms with van der Waals surface area (Å²) < 4.78 is 0. The van der Waals surface area contributed by atoms with E-state index in [9.17, 15) is 0 Å². The number of rotatable bonds is 3. The van der Waals surface area contributed by atoms with Gasteiger partial charge >= 0.3 is 0 Å². The average molecular weight is 245 g/mol. The number of hydrogen-bond acceptors (Lipinski definition) is 2. The highest BCUT2D eigenvalue weighted by Gasteiger charge is 2.47. The van der Waals surface area contributed by atoms with Gasteiger partial charge in [0.2, 0.25) is 0 Å². The van der Waals surface area contributed by atoms with Crippen LogP contribution in [0, 0.1) is 29.6 Å². The minimum atomic E-state index is 0.634. The molecule has 4 aliphatic carbocycles. The summed E-state index contributed by atoms with van der Waals surface area (Å²) in [5.74, 6) is 5.89. The summed E-state index contributed by atoms with van der Waals surface area (Å²) >= 11 is 0. The zero-order valence-electron chi connectivity index (χ0n) is 10.9. The molecule has 18 heavy (non-hydrogen) atoms. The highest BCUT2D eigenvalue weighted by Crippen LogP contribution is 2.57. The molecule has 4 bridgehead atoms. The molecule has 98 valence electrons. The van der Waals surface area contributed by atoms with Crippen LogP contribution in [0.25, 0.3) is 0 Å². The average Bonchev–Trinajstić information content (AvgIpc) is 2.73.